The minimum Gasteiger partial charge on any atom is -0.354 e. The van der Waals surface area contributed by atoms with Gasteiger partial charge < -0.3 is 10.1 Å². The van der Waals surface area contributed by atoms with Crippen LogP contribution in [0.25, 0.3) is 10.8 Å². The number of nitrogens with one attached hydrogen (secondary N) is 2. The molecule has 32 heavy (non-hydrogen) atoms. The quantitative estimate of drug-likeness (QED) is 0.622. The van der Waals surface area contributed by atoms with Crippen LogP contribution in [0.5, 0.6) is 0 Å². The molecule has 1 unspecified atom stereocenters. The standard InChI is InChI=1S/C25H29N3O4/c1-4-21-15(2)16(3)24(32-21)28-14-20(23(30)27-25(28)31)22(29)26-12-11-17-9-10-18-7-5-6-8-19(18)13-17/h5-10,13-16,21,24H,4,11-12H2,1-3H3,(H,26,29)(H,27,30,31)/t15-,16?,21-,24-/m1/s1. The Morgan fingerprint density at radius 1 is 1.09 bits per heavy atom. The van der Waals surface area contributed by atoms with E-state index in [0.717, 1.165) is 22.8 Å². The molecule has 2 heterocycles. The number of ether oxygens (including phenoxy) is 1. The van der Waals surface area contributed by atoms with Crippen molar-refractivity contribution in [3.05, 3.63) is 80.6 Å². The van der Waals surface area contributed by atoms with Gasteiger partial charge in [0.15, 0.2) is 0 Å². The normalized spacial score (nSPS) is 22.8. The average Bonchev–Trinajstić information content (AvgIpc) is 3.07. The van der Waals surface area contributed by atoms with Crippen LogP contribution < -0.4 is 16.6 Å². The van der Waals surface area contributed by atoms with E-state index >= 15 is 0 Å². The van der Waals surface area contributed by atoms with Crippen LogP contribution in [0.3, 0.4) is 0 Å². The molecule has 1 aliphatic rings. The number of amides is 1. The third-order valence-electron chi connectivity index (χ3n) is 6.58. The lowest BCUT2D eigenvalue weighted by molar-refractivity contribution is -0.0169. The Labute approximate surface area is 186 Å². The number of fused-ring (bicyclic) bond motifs is 1. The van der Waals surface area contributed by atoms with E-state index < -0.39 is 23.4 Å². The third-order valence-corrected chi connectivity index (χ3v) is 6.58. The molecule has 4 rings (SSSR count). The zero-order valence-electron chi connectivity index (χ0n) is 18.6. The van der Waals surface area contributed by atoms with Gasteiger partial charge in [0.2, 0.25) is 0 Å². The second kappa shape index (κ2) is 9.12. The Bertz CT molecular complexity index is 1250. The summed E-state index contributed by atoms with van der Waals surface area (Å²) in [6, 6.07) is 14.3. The van der Waals surface area contributed by atoms with Gasteiger partial charge in [0.25, 0.3) is 11.5 Å². The maximum absolute atomic E-state index is 12.7. The van der Waals surface area contributed by atoms with Crippen LogP contribution in [0.15, 0.2) is 58.3 Å². The van der Waals surface area contributed by atoms with Gasteiger partial charge in [-0.25, -0.2) is 4.79 Å². The molecule has 4 atom stereocenters. The van der Waals surface area contributed by atoms with Crippen LogP contribution in [0.2, 0.25) is 0 Å². The van der Waals surface area contributed by atoms with Crippen molar-refractivity contribution in [1.82, 2.24) is 14.9 Å². The topological polar surface area (TPSA) is 93.2 Å². The molecule has 7 nitrogen and oxygen atoms in total. The molecule has 1 saturated heterocycles. The van der Waals surface area contributed by atoms with Crippen molar-refractivity contribution >= 4 is 16.7 Å². The van der Waals surface area contributed by atoms with Gasteiger partial charge in [0.1, 0.15) is 11.8 Å². The monoisotopic (exact) mass is 435 g/mol. The molecule has 0 radical (unpaired) electrons. The van der Waals surface area contributed by atoms with Crippen LogP contribution in [-0.4, -0.2) is 28.1 Å². The Balaban J connectivity index is 1.48. The Hall–Kier alpha value is -3.19. The van der Waals surface area contributed by atoms with Crippen LogP contribution >= 0.6 is 0 Å². The summed E-state index contributed by atoms with van der Waals surface area (Å²) in [4.78, 5) is 39.8. The Kier molecular flexibility index (Phi) is 6.28. The minimum atomic E-state index is -0.694. The molecule has 1 aromatic heterocycles. The number of aromatic nitrogens is 2. The van der Waals surface area contributed by atoms with E-state index in [1.807, 2.05) is 32.0 Å². The largest absolute Gasteiger partial charge is 0.354 e. The molecule has 0 bridgehead atoms. The summed E-state index contributed by atoms with van der Waals surface area (Å²) in [6.07, 6.45) is 2.32. The fourth-order valence-electron chi connectivity index (χ4n) is 4.46. The van der Waals surface area contributed by atoms with Gasteiger partial charge in [0, 0.05) is 18.7 Å². The molecule has 3 aromatic rings. The van der Waals surface area contributed by atoms with E-state index in [4.69, 9.17) is 4.74 Å². The molecule has 0 spiro atoms. The van der Waals surface area contributed by atoms with Crippen molar-refractivity contribution < 1.29 is 9.53 Å². The van der Waals surface area contributed by atoms with Gasteiger partial charge in [-0.15, -0.1) is 0 Å². The lowest BCUT2D eigenvalue weighted by Gasteiger charge is -2.19. The van der Waals surface area contributed by atoms with Gasteiger partial charge in [0.05, 0.1) is 6.10 Å². The predicted molar refractivity (Wildman–Crippen MR) is 124 cm³/mol. The van der Waals surface area contributed by atoms with E-state index in [0.29, 0.717) is 13.0 Å². The summed E-state index contributed by atoms with van der Waals surface area (Å²) in [5.74, 6) is -0.165. The van der Waals surface area contributed by atoms with Crippen LogP contribution in [0.4, 0.5) is 0 Å². The van der Waals surface area contributed by atoms with Crippen LogP contribution in [-0.2, 0) is 11.2 Å². The highest BCUT2D eigenvalue weighted by molar-refractivity contribution is 5.93. The van der Waals surface area contributed by atoms with E-state index in [2.05, 4.69) is 41.5 Å². The van der Waals surface area contributed by atoms with Crippen molar-refractivity contribution in [1.29, 1.82) is 0 Å². The summed E-state index contributed by atoms with van der Waals surface area (Å²) >= 11 is 0. The minimum absolute atomic E-state index is 0.0352. The van der Waals surface area contributed by atoms with Crippen LogP contribution in [0, 0.1) is 11.8 Å². The van der Waals surface area contributed by atoms with Gasteiger partial charge in [-0.05, 0) is 35.1 Å². The number of rotatable bonds is 6. The predicted octanol–water partition coefficient (Wildman–Crippen LogP) is 3.24. The maximum atomic E-state index is 12.7. The van der Waals surface area contributed by atoms with Gasteiger partial charge in [-0.2, -0.15) is 0 Å². The molecule has 2 aromatic carbocycles. The zero-order valence-corrected chi connectivity index (χ0v) is 18.6. The van der Waals surface area contributed by atoms with Gasteiger partial charge >= 0.3 is 5.69 Å². The number of carbonyl (C=O) groups is 1. The molecule has 168 valence electrons. The van der Waals surface area contributed by atoms with Crippen molar-refractivity contribution in [2.24, 2.45) is 11.8 Å². The summed E-state index contributed by atoms with van der Waals surface area (Å²) in [5, 5.41) is 5.11. The van der Waals surface area contributed by atoms with E-state index in [1.165, 1.54) is 10.8 Å². The number of H-pyrrole nitrogens is 1. The fraction of sp³-hybridized carbons (Fsp3) is 0.400. The summed E-state index contributed by atoms with van der Waals surface area (Å²) in [7, 11) is 0. The molecule has 0 saturated carbocycles. The highest BCUT2D eigenvalue weighted by Gasteiger charge is 2.39. The molecule has 1 aliphatic heterocycles. The molecular weight excluding hydrogens is 406 g/mol. The zero-order chi connectivity index (χ0) is 22.8. The van der Waals surface area contributed by atoms with E-state index in [-0.39, 0.29) is 23.5 Å². The van der Waals surface area contributed by atoms with Gasteiger partial charge in [-0.3, -0.25) is 19.1 Å². The number of hydrogen-bond donors (Lipinski definition) is 2. The highest BCUT2D eigenvalue weighted by Crippen LogP contribution is 2.39. The lowest BCUT2D eigenvalue weighted by Crippen LogP contribution is -2.39. The van der Waals surface area contributed by atoms with Gasteiger partial charge in [-0.1, -0.05) is 63.2 Å². The molecule has 1 fully saturated rings. The average molecular weight is 436 g/mol. The van der Waals surface area contributed by atoms with Crippen molar-refractivity contribution in [3.63, 3.8) is 0 Å². The first-order chi connectivity index (χ1) is 15.4. The second-order valence-electron chi connectivity index (χ2n) is 8.59. The van der Waals surface area contributed by atoms with E-state index in [9.17, 15) is 14.4 Å². The number of aromatic amines is 1. The first kappa shape index (κ1) is 22.0. The second-order valence-corrected chi connectivity index (χ2v) is 8.59. The molecule has 1 amide bonds. The Morgan fingerprint density at radius 3 is 2.56 bits per heavy atom. The number of carbonyl (C=O) groups excluding carboxylic acids is 1. The molecule has 7 heteroatoms. The summed E-state index contributed by atoms with van der Waals surface area (Å²) in [5.41, 5.74) is -0.258. The first-order valence-electron chi connectivity index (χ1n) is 11.2. The third kappa shape index (κ3) is 4.25. The summed E-state index contributed by atoms with van der Waals surface area (Å²) < 4.78 is 7.40. The molecular formula is C25H29N3O4. The fourth-order valence-corrected chi connectivity index (χ4v) is 4.46. The van der Waals surface area contributed by atoms with Crippen molar-refractivity contribution in [3.8, 4) is 0 Å². The Morgan fingerprint density at radius 2 is 1.84 bits per heavy atom. The highest BCUT2D eigenvalue weighted by atomic mass is 16.5. The molecule has 2 N–H and O–H groups in total. The number of nitrogens with zero attached hydrogens (tertiary/aromatic N) is 1. The molecule has 0 aliphatic carbocycles. The first-order valence-corrected chi connectivity index (χ1v) is 11.2. The number of hydrogen-bond acceptors (Lipinski definition) is 4. The number of benzene rings is 2. The van der Waals surface area contributed by atoms with Crippen LogP contribution in [0.1, 0.15) is 49.3 Å². The smallest absolute Gasteiger partial charge is 0.330 e. The van der Waals surface area contributed by atoms with E-state index in [1.54, 1.807) is 0 Å². The lowest BCUT2D eigenvalue weighted by atomic mass is 9.91. The summed E-state index contributed by atoms with van der Waals surface area (Å²) in [6.45, 7) is 6.53. The van der Waals surface area contributed by atoms with Crippen molar-refractivity contribution in [2.75, 3.05) is 6.54 Å². The SMILES string of the molecule is CC[C@H]1O[C@@H](n2cc(C(=O)NCCc3ccc4ccccc4c3)c(=O)[nH]c2=O)C(C)[C@H]1C. The van der Waals surface area contributed by atoms with Crippen molar-refractivity contribution in [2.45, 2.75) is 45.9 Å². The maximum Gasteiger partial charge on any atom is 0.330 e.